The van der Waals surface area contributed by atoms with Gasteiger partial charge in [-0.25, -0.2) is 9.18 Å². The summed E-state index contributed by atoms with van der Waals surface area (Å²) in [7, 11) is 0. The largest absolute Gasteiger partial charge is 0.489 e. The second kappa shape index (κ2) is 10.0. The second-order valence-electron chi connectivity index (χ2n) is 7.34. The van der Waals surface area contributed by atoms with Crippen LogP contribution in [-0.2, 0) is 4.74 Å². The number of pyridine rings is 1. The lowest BCUT2D eigenvalue weighted by Gasteiger charge is -2.32. The molecule has 1 fully saturated rings. The SMILES string of the molecule is CCOC(=O)c1cncc(-c2ccc(N3CCC(Oc4cc(F)ccc4Br)CC3)nn2)c1. The summed E-state index contributed by atoms with van der Waals surface area (Å²) in [5.41, 5.74) is 1.70. The van der Waals surface area contributed by atoms with Crippen LogP contribution in [0, 0.1) is 5.82 Å². The van der Waals surface area contributed by atoms with Crippen molar-refractivity contribution in [1.29, 1.82) is 0 Å². The molecule has 0 spiro atoms. The molecule has 1 aliphatic heterocycles. The first-order valence-electron chi connectivity index (χ1n) is 10.4. The summed E-state index contributed by atoms with van der Waals surface area (Å²) in [4.78, 5) is 18.2. The van der Waals surface area contributed by atoms with Gasteiger partial charge in [-0.2, -0.15) is 0 Å². The summed E-state index contributed by atoms with van der Waals surface area (Å²) in [5, 5.41) is 8.67. The maximum Gasteiger partial charge on any atom is 0.339 e. The average Bonchev–Trinajstić information content (AvgIpc) is 2.82. The van der Waals surface area contributed by atoms with Crippen LogP contribution in [0.25, 0.3) is 11.3 Å². The molecule has 0 atom stereocenters. The molecular formula is C23H22BrFN4O3. The van der Waals surface area contributed by atoms with Crippen LogP contribution in [0.1, 0.15) is 30.1 Å². The Bertz CT molecular complexity index is 1090. The number of rotatable bonds is 6. The predicted octanol–water partition coefficient (Wildman–Crippen LogP) is 4.66. The summed E-state index contributed by atoms with van der Waals surface area (Å²) in [6.07, 6.45) is 4.70. The lowest BCUT2D eigenvalue weighted by Crippen LogP contribution is -2.38. The highest BCUT2D eigenvalue weighted by molar-refractivity contribution is 9.10. The first-order chi connectivity index (χ1) is 15.5. The molecular weight excluding hydrogens is 479 g/mol. The third-order valence-electron chi connectivity index (χ3n) is 5.15. The maximum atomic E-state index is 13.5. The van der Waals surface area contributed by atoms with E-state index >= 15 is 0 Å². The summed E-state index contributed by atoms with van der Waals surface area (Å²) in [5.74, 6) is 0.556. The van der Waals surface area contributed by atoms with Crippen LogP contribution in [0.2, 0.25) is 0 Å². The predicted molar refractivity (Wildman–Crippen MR) is 121 cm³/mol. The molecule has 0 radical (unpaired) electrons. The van der Waals surface area contributed by atoms with E-state index < -0.39 is 5.97 Å². The zero-order valence-corrected chi connectivity index (χ0v) is 19.1. The Labute approximate surface area is 193 Å². The molecule has 0 bridgehead atoms. The van der Waals surface area contributed by atoms with Crippen molar-refractivity contribution >= 4 is 27.7 Å². The number of carbonyl (C=O) groups is 1. The number of anilines is 1. The van der Waals surface area contributed by atoms with Crippen LogP contribution < -0.4 is 9.64 Å². The maximum absolute atomic E-state index is 13.5. The van der Waals surface area contributed by atoms with Gasteiger partial charge in [-0.1, -0.05) is 0 Å². The van der Waals surface area contributed by atoms with Gasteiger partial charge in [0.1, 0.15) is 17.7 Å². The lowest BCUT2D eigenvalue weighted by molar-refractivity contribution is 0.0526. The quantitative estimate of drug-likeness (QED) is 0.455. The van der Waals surface area contributed by atoms with Crippen molar-refractivity contribution in [1.82, 2.24) is 15.2 Å². The van der Waals surface area contributed by atoms with Gasteiger partial charge >= 0.3 is 5.97 Å². The van der Waals surface area contributed by atoms with Crippen molar-refractivity contribution in [3.8, 4) is 17.0 Å². The van der Waals surface area contributed by atoms with Gasteiger partial charge in [-0.3, -0.25) is 4.98 Å². The molecule has 0 unspecified atom stereocenters. The van der Waals surface area contributed by atoms with Crippen LogP contribution >= 0.6 is 15.9 Å². The van der Waals surface area contributed by atoms with E-state index in [9.17, 15) is 9.18 Å². The Morgan fingerprint density at radius 3 is 2.69 bits per heavy atom. The second-order valence-corrected chi connectivity index (χ2v) is 8.19. The van der Waals surface area contributed by atoms with Crippen molar-refractivity contribution < 1.29 is 18.7 Å². The smallest absolute Gasteiger partial charge is 0.339 e. The minimum Gasteiger partial charge on any atom is -0.489 e. The van der Waals surface area contributed by atoms with E-state index in [-0.39, 0.29) is 11.9 Å². The highest BCUT2D eigenvalue weighted by Crippen LogP contribution is 2.29. The molecule has 1 aromatic carbocycles. The van der Waals surface area contributed by atoms with Gasteiger partial charge in [0.05, 0.1) is 22.3 Å². The summed E-state index contributed by atoms with van der Waals surface area (Å²) >= 11 is 3.40. The monoisotopic (exact) mass is 500 g/mol. The molecule has 9 heteroatoms. The van der Waals surface area contributed by atoms with Gasteiger partial charge in [0.15, 0.2) is 5.82 Å². The molecule has 1 saturated heterocycles. The number of carbonyl (C=O) groups excluding carboxylic acids is 1. The standard InChI is InChI=1S/C23H22BrFN4O3/c1-2-31-23(30)16-11-15(13-26-14-16)20-5-6-22(28-27-20)29-9-7-18(8-10-29)32-21-12-17(25)3-4-19(21)24/h3-6,11-14,18H,2,7-10H2,1H3. The Balaban J connectivity index is 1.38. The molecule has 0 saturated carbocycles. The first kappa shape index (κ1) is 22.1. The van der Waals surface area contributed by atoms with Crippen molar-refractivity contribution in [2.75, 3.05) is 24.6 Å². The molecule has 3 aromatic rings. The van der Waals surface area contributed by atoms with Crippen LogP contribution in [-0.4, -0.2) is 47.0 Å². The van der Waals surface area contributed by atoms with E-state index in [4.69, 9.17) is 9.47 Å². The van der Waals surface area contributed by atoms with E-state index in [0.29, 0.717) is 29.2 Å². The third-order valence-corrected chi connectivity index (χ3v) is 5.80. The Kier molecular flexibility index (Phi) is 6.94. The highest BCUT2D eigenvalue weighted by Gasteiger charge is 2.23. The number of benzene rings is 1. The molecule has 7 nitrogen and oxygen atoms in total. The highest BCUT2D eigenvalue weighted by atomic mass is 79.9. The number of nitrogens with zero attached hydrogens (tertiary/aromatic N) is 4. The van der Waals surface area contributed by atoms with E-state index in [0.717, 1.165) is 36.2 Å². The molecule has 4 rings (SSSR count). The van der Waals surface area contributed by atoms with Gasteiger partial charge < -0.3 is 14.4 Å². The lowest BCUT2D eigenvalue weighted by atomic mass is 10.1. The zero-order valence-electron chi connectivity index (χ0n) is 17.5. The molecule has 1 aliphatic rings. The van der Waals surface area contributed by atoms with Crippen LogP contribution in [0.4, 0.5) is 10.2 Å². The van der Waals surface area contributed by atoms with Crippen LogP contribution in [0.15, 0.2) is 53.3 Å². The number of hydrogen-bond acceptors (Lipinski definition) is 7. The van der Waals surface area contributed by atoms with Crippen molar-refractivity contribution in [3.63, 3.8) is 0 Å². The fraction of sp³-hybridized carbons (Fsp3) is 0.304. The van der Waals surface area contributed by atoms with E-state index in [1.165, 1.54) is 18.3 Å². The molecule has 2 aromatic heterocycles. The van der Waals surface area contributed by atoms with Gasteiger partial charge in [-0.05, 0) is 53.2 Å². The molecule has 32 heavy (non-hydrogen) atoms. The minimum absolute atomic E-state index is 0.00766. The summed E-state index contributed by atoms with van der Waals surface area (Å²) in [6, 6.07) is 9.90. The molecule has 0 N–H and O–H groups in total. The van der Waals surface area contributed by atoms with Crippen LogP contribution in [0.5, 0.6) is 5.75 Å². The average molecular weight is 501 g/mol. The summed E-state index contributed by atoms with van der Waals surface area (Å²) < 4.78 is 25.2. The Hall–Kier alpha value is -3.07. The number of halogens is 2. The van der Waals surface area contributed by atoms with Gasteiger partial charge in [0, 0.05) is 50.0 Å². The van der Waals surface area contributed by atoms with Crippen molar-refractivity contribution in [2.24, 2.45) is 0 Å². The number of piperidine rings is 1. The third kappa shape index (κ3) is 5.21. The number of aromatic nitrogens is 3. The first-order valence-corrected chi connectivity index (χ1v) is 11.2. The van der Waals surface area contributed by atoms with Gasteiger partial charge in [0.25, 0.3) is 0 Å². The Morgan fingerprint density at radius 1 is 1.16 bits per heavy atom. The fourth-order valence-electron chi connectivity index (χ4n) is 3.50. The molecule has 166 valence electrons. The van der Waals surface area contributed by atoms with E-state index in [1.807, 2.05) is 12.1 Å². The molecule has 3 heterocycles. The minimum atomic E-state index is -0.415. The zero-order chi connectivity index (χ0) is 22.5. The topological polar surface area (TPSA) is 77.4 Å². The molecule has 0 amide bonds. The summed E-state index contributed by atoms with van der Waals surface area (Å²) in [6.45, 7) is 3.57. The van der Waals surface area contributed by atoms with Gasteiger partial charge in [-0.15, -0.1) is 10.2 Å². The Morgan fingerprint density at radius 2 is 1.97 bits per heavy atom. The normalized spacial score (nSPS) is 14.3. The van der Waals surface area contributed by atoms with E-state index in [2.05, 4.69) is 36.0 Å². The van der Waals surface area contributed by atoms with Crippen molar-refractivity contribution in [3.05, 3.63) is 64.6 Å². The number of hydrogen-bond donors (Lipinski definition) is 0. The van der Waals surface area contributed by atoms with Crippen LogP contribution in [0.3, 0.4) is 0 Å². The van der Waals surface area contributed by atoms with E-state index in [1.54, 1.807) is 25.3 Å². The number of esters is 1. The fourth-order valence-corrected chi connectivity index (χ4v) is 3.84. The molecule has 0 aliphatic carbocycles. The van der Waals surface area contributed by atoms with Crippen molar-refractivity contribution in [2.45, 2.75) is 25.9 Å². The number of ether oxygens (including phenoxy) is 2. The van der Waals surface area contributed by atoms with Gasteiger partial charge in [0.2, 0.25) is 0 Å².